The smallest absolute Gasteiger partial charge is 0.202 e. The van der Waals surface area contributed by atoms with Crippen LogP contribution in [0.3, 0.4) is 0 Å². The summed E-state index contributed by atoms with van der Waals surface area (Å²) in [5.74, 6) is -4.18. The number of hydrogen-bond donors (Lipinski definition) is 4. The average Bonchev–Trinajstić information content (AvgIpc) is 3.19. The highest BCUT2D eigenvalue weighted by atomic mass is 16.3. The molecule has 1 heterocycles. The molecular weight excluding hydrogens is 538 g/mol. The van der Waals surface area contributed by atoms with Gasteiger partial charge in [-0.05, 0) is 68.7 Å². The summed E-state index contributed by atoms with van der Waals surface area (Å²) in [6, 6.07) is 0.919. The number of phenols is 1. The van der Waals surface area contributed by atoms with Gasteiger partial charge in [0.05, 0.1) is 11.6 Å². The molecule has 4 N–H and O–H groups in total. The van der Waals surface area contributed by atoms with Crippen molar-refractivity contribution in [3.05, 3.63) is 39.7 Å². The number of ketones is 3. The van der Waals surface area contributed by atoms with Crippen LogP contribution >= 0.6 is 0 Å². The first-order valence-corrected chi connectivity index (χ1v) is 14.7. The van der Waals surface area contributed by atoms with Gasteiger partial charge in [-0.25, -0.2) is 0 Å². The van der Waals surface area contributed by atoms with Gasteiger partial charge < -0.3 is 25.3 Å². The van der Waals surface area contributed by atoms with Crippen molar-refractivity contribution < 1.29 is 34.8 Å². The fraction of sp³-hybridized carbons (Fsp3) is 0.594. The number of likely N-dealkylation sites (N-methyl/N-ethyl adjacent to an activating group) is 1. The number of rotatable bonds is 5. The minimum absolute atomic E-state index is 0.0936. The van der Waals surface area contributed by atoms with E-state index in [2.05, 4.69) is 18.7 Å². The van der Waals surface area contributed by atoms with Crippen molar-refractivity contribution in [3.8, 4) is 5.75 Å². The number of phenolic OH excluding ortho intramolecular Hbond substituents is 1. The third-order valence-corrected chi connectivity index (χ3v) is 11.0. The van der Waals surface area contributed by atoms with Gasteiger partial charge in [-0.15, -0.1) is 0 Å². The lowest BCUT2D eigenvalue weighted by molar-refractivity contribution is -0.153. The van der Waals surface area contributed by atoms with Gasteiger partial charge in [0.1, 0.15) is 22.8 Å². The Kier molecular flexibility index (Phi) is 6.29. The van der Waals surface area contributed by atoms with Crippen LogP contribution in [-0.4, -0.2) is 100 Å². The van der Waals surface area contributed by atoms with Crippen LogP contribution in [0.4, 0.5) is 5.69 Å². The quantitative estimate of drug-likeness (QED) is 0.384. The van der Waals surface area contributed by atoms with E-state index in [1.165, 1.54) is 0 Å². The van der Waals surface area contributed by atoms with E-state index in [9.17, 15) is 34.8 Å². The van der Waals surface area contributed by atoms with Gasteiger partial charge in [0, 0.05) is 56.5 Å². The fourth-order valence-corrected chi connectivity index (χ4v) is 8.55. The van der Waals surface area contributed by atoms with E-state index in [-0.39, 0.29) is 29.7 Å². The van der Waals surface area contributed by atoms with E-state index in [4.69, 9.17) is 0 Å². The van der Waals surface area contributed by atoms with E-state index in [1.807, 2.05) is 25.1 Å². The minimum atomic E-state index is -2.57. The largest absolute Gasteiger partial charge is 0.508 e. The Morgan fingerprint density at radius 1 is 1.05 bits per heavy atom. The van der Waals surface area contributed by atoms with Crippen LogP contribution in [0.15, 0.2) is 23.0 Å². The van der Waals surface area contributed by atoms with Crippen LogP contribution in [0.1, 0.15) is 43.9 Å². The maximum absolute atomic E-state index is 14.2. The van der Waals surface area contributed by atoms with Crippen molar-refractivity contribution in [3.63, 3.8) is 0 Å². The lowest BCUT2D eigenvalue weighted by Crippen LogP contribution is -2.65. The Balaban J connectivity index is 1.47. The van der Waals surface area contributed by atoms with Crippen LogP contribution in [0.25, 0.3) is 5.76 Å². The zero-order valence-electron chi connectivity index (χ0n) is 25.4. The second-order valence-electron chi connectivity index (χ2n) is 14.0. The summed E-state index contributed by atoms with van der Waals surface area (Å²) in [7, 11) is 7.03. The number of Topliss-reactive ketones (excluding diaryl/α,β-unsaturated/α-hetero) is 3. The summed E-state index contributed by atoms with van der Waals surface area (Å²) < 4.78 is 0. The molecular formula is C32H41N3O7. The molecule has 0 radical (unpaired) electrons. The molecule has 6 atom stereocenters. The van der Waals surface area contributed by atoms with E-state index >= 15 is 0 Å². The molecule has 0 bridgehead atoms. The minimum Gasteiger partial charge on any atom is -0.508 e. The Bertz CT molecular complexity index is 1490. The number of fused-ring (bicyclic) bond motifs is 4. The first-order valence-electron chi connectivity index (χ1n) is 14.7. The topological polar surface area (TPSA) is 142 Å². The Morgan fingerprint density at radius 3 is 2.21 bits per heavy atom. The number of aliphatic hydroxyl groups excluding tert-OH is 2. The summed E-state index contributed by atoms with van der Waals surface area (Å²) in [6.07, 6.45) is 0.390. The maximum Gasteiger partial charge on any atom is 0.202 e. The molecule has 0 aromatic heterocycles. The lowest BCUT2D eigenvalue weighted by Gasteiger charge is -2.50. The van der Waals surface area contributed by atoms with Crippen molar-refractivity contribution in [2.75, 3.05) is 46.2 Å². The van der Waals surface area contributed by atoms with Gasteiger partial charge in [0.25, 0.3) is 0 Å². The molecule has 5 aliphatic rings. The monoisotopic (exact) mass is 579 g/mol. The third kappa shape index (κ3) is 3.70. The van der Waals surface area contributed by atoms with Crippen molar-refractivity contribution >= 4 is 28.8 Å². The summed E-state index contributed by atoms with van der Waals surface area (Å²) in [5.41, 5.74) is -0.615. The average molecular weight is 580 g/mol. The molecule has 10 heteroatoms. The van der Waals surface area contributed by atoms with E-state index in [0.717, 1.165) is 25.7 Å². The molecule has 2 saturated carbocycles. The fourth-order valence-electron chi connectivity index (χ4n) is 8.55. The van der Waals surface area contributed by atoms with Crippen molar-refractivity contribution in [2.45, 2.75) is 51.8 Å². The Morgan fingerprint density at radius 2 is 1.67 bits per heavy atom. The van der Waals surface area contributed by atoms with Crippen LogP contribution in [0.5, 0.6) is 5.75 Å². The number of benzene rings is 1. The maximum atomic E-state index is 14.2. The highest BCUT2D eigenvalue weighted by molar-refractivity contribution is 6.25. The Hall–Kier alpha value is -3.21. The first kappa shape index (κ1) is 28.9. The summed E-state index contributed by atoms with van der Waals surface area (Å²) in [5, 5.41) is 46.3. The van der Waals surface area contributed by atoms with Gasteiger partial charge >= 0.3 is 0 Å². The number of aliphatic hydroxyl groups is 3. The van der Waals surface area contributed by atoms with E-state index in [1.54, 1.807) is 19.0 Å². The molecule has 1 aromatic rings. The molecule has 6 rings (SSSR count). The molecule has 1 aliphatic heterocycles. The number of piperidine rings is 1. The molecule has 0 spiro atoms. The third-order valence-electron chi connectivity index (χ3n) is 11.0. The summed E-state index contributed by atoms with van der Waals surface area (Å²) in [6.45, 7) is 8.04. The van der Waals surface area contributed by atoms with Gasteiger partial charge in [0.15, 0.2) is 17.2 Å². The van der Waals surface area contributed by atoms with Gasteiger partial charge in [-0.1, -0.05) is 13.8 Å². The highest BCUT2D eigenvalue weighted by Crippen LogP contribution is 2.62. The van der Waals surface area contributed by atoms with Crippen LogP contribution < -0.4 is 4.90 Å². The SMILES string of the molecule is CC(=O)C1=C(O)[C@@]2(O)C(=O)C3=C(O)c4c(O)c(CN5CC6C(C5)C6(C)C)cc(N(C)C)c4C[C@H]3C[C@H]2[C@H](N(C)C)C1=O. The van der Waals surface area contributed by atoms with Gasteiger partial charge in [-0.3, -0.25) is 24.2 Å². The summed E-state index contributed by atoms with van der Waals surface area (Å²) in [4.78, 5) is 45.8. The van der Waals surface area contributed by atoms with Crippen molar-refractivity contribution in [1.29, 1.82) is 0 Å². The summed E-state index contributed by atoms with van der Waals surface area (Å²) >= 11 is 0. The molecule has 42 heavy (non-hydrogen) atoms. The number of hydrogen-bond acceptors (Lipinski definition) is 10. The molecule has 226 valence electrons. The molecule has 1 saturated heterocycles. The lowest BCUT2D eigenvalue weighted by atomic mass is 9.57. The zero-order valence-corrected chi connectivity index (χ0v) is 25.4. The normalized spacial score (nSPS) is 33.4. The van der Waals surface area contributed by atoms with Gasteiger partial charge in [-0.2, -0.15) is 0 Å². The van der Waals surface area contributed by atoms with E-state index in [0.29, 0.717) is 34.9 Å². The van der Waals surface area contributed by atoms with Crippen LogP contribution in [0.2, 0.25) is 0 Å². The predicted molar refractivity (Wildman–Crippen MR) is 156 cm³/mol. The number of aromatic hydroxyl groups is 1. The molecule has 3 fully saturated rings. The predicted octanol–water partition coefficient (Wildman–Crippen LogP) is 2.22. The molecule has 2 unspecified atom stereocenters. The molecule has 4 aliphatic carbocycles. The number of anilines is 1. The number of likely N-dealkylation sites (tertiary alicyclic amines) is 1. The second kappa shape index (κ2) is 9.14. The second-order valence-corrected chi connectivity index (χ2v) is 14.0. The van der Waals surface area contributed by atoms with Gasteiger partial charge in [0.2, 0.25) is 5.78 Å². The van der Waals surface area contributed by atoms with Crippen LogP contribution in [-0.2, 0) is 27.3 Å². The highest BCUT2D eigenvalue weighted by Gasteiger charge is 2.64. The molecule has 1 aromatic carbocycles. The van der Waals surface area contributed by atoms with Crippen molar-refractivity contribution in [2.24, 2.45) is 29.1 Å². The molecule has 0 amide bonds. The van der Waals surface area contributed by atoms with E-state index < -0.39 is 57.9 Å². The molecule has 10 nitrogen and oxygen atoms in total. The Labute approximate surface area is 245 Å². The standard InChI is InChI=1S/C32H41N3O7/c1-14(36)22-28(39)25(34(6)7)18-9-15-8-17-21(33(4)5)10-16(11-35-12-19-20(13-35)31(19,2)3)26(37)24(17)27(38)23(15)30(41)32(18,42)29(22)40/h10,15,18-20,25,37-38,40,42H,8-9,11-13H2,1-7H3/t15-,18-,19?,20?,25-,32+/m0/s1. The number of carbonyl (C=O) groups is 3. The number of nitrogens with zero attached hydrogens (tertiary/aromatic N) is 3. The zero-order chi connectivity index (χ0) is 30.8. The van der Waals surface area contributed by atoms with Crippen LogP contribution in [0, 0.1) is 29.1 Å². The van der Waals surface area contributed by atoms with Crippen molar-refractivity contribution in [1.82, 2.24) is 9.80 Å². The number of carbonyl (C=O) groups excluding carboxylic acids is 3. The first-order chi connectivity index (χ1) is 19.5.